The van der Waals surface area contributed by atoms with E-state index in [1.165, 1.54) is 13.8 Å². The third-order valence-electron chi connectivity index (χ3n) is 0.498. The van der Waals surface area contributed by atoms with E-state index in [1.807, 2.05) is 0 Å². The van der Waals surface area contributed by atoms with Gasteiger partial charge in [-0.05, 0) is 13.8 Å². The summed E-state index contributed by atoms with van der Waals surface area (Å²) in [6, 6.07) is 0. The quantitative estimate of drug-likeness (QED) is 0.397. The molecule has 0 spiro atoms. The molecule has 8 heavy (non-hydrogen) atoms. The Balaban J connectivity index is 0. The van der Waals surface area contributed by atoms with Gasteiger partial charge in [-0.2, -0.15) is 0 Å². The molecular weight excluding hydrogens is 131 g/mol. The van der Waals surface area contributed by atoms with Crippen molar-refractivity contribution in [2.24, 2.45) is 0 Å². The van der Waals surface area contributed by atoms with Gasteiger partial charge in [-0.1, -0.05) is 0 Å². The second kappa shape index (κ2) is 6.10. The van der Waals surface area contributed by atoms with Gasteiger partial charge in [0.1, 0.15) is 11.6 Å². The molecule has 0 heterocycles. The molecule has 0 aromatic heterocycles. The van der Waals surface area contributed by atoms with Gasteiger partial charge in [0.05, 0.1) is 6.42 Å². The SMILES string of the molecule is CC(=O)CC(C)=O.[KH]. The van der Waals surface area contributed by atoms with Gasteiger partial charge in [-0.15, -0.1) is 0 Å². The van der Waals surface area contributed by atoms with Gasteiger partial charge in [0.2, 0.25) is 0 Å². The molecule has 0 aliphatic heterocycles. The van der Waals surface area contributed by atoms with Crippen LogP contribution in [-0.2, 0) is 9.59 Å². The summed E-state index contributed by atoms with van der Waals surface area (Å²) in [6.07, 6.45) is 0.0833. The summed E-state index contributed by atoms with van der Waals surface area (Å²) < 4.78 is 0. The maximum atomic E-state index is 10.0. The van der Waals surface area contributed by atoms with Gasteiger partial charge in [0.25, 0.3) is 0 Å². The van der Waals surface area contributed by atoms with Gasteiger partial charge in [-0.25, -0.2) is 0 Å². The normalized spacial score (nSPS) is 7.25. The fraction of sp³-hybridized carbons (Fsp3) is 0.600. The first-order valence-corrected chi connectivity index (χ1v) is 2.12. The number of Topliss-reactive ketones (excluding diaryl/α,β-unsaturated/α-hetero) is 2. The third-order valence-corrected chi connectivity index (χ3v) is 0.498. The van der Waals surface area contributed by atoms with Crippen molar-refractivity contribution in [1.82, 2.24) is 0 Å². The number of hydrogen-bond donors (Lipinski definition) is 0. The Morgan fingerprint density at radius 3 is 1.38 bits per heavy atom. The van der Waals surface area contributed by atoms with E-state index in [1.54, 1.807) is 0 Å². The first kappa shape index (κ1) is 11.7. The van der Waals surface area contributed by atoms with Crippen LogP contribution in [0.2, 0.25) is 0 Å². The van der Waals surface area contributed by atoms with Gasteiger partial charge in [-0.3, -0.25) is 9.59 Å². The van der Waals surface area contributed by atoms with E-state index < -0.39 is 0 Å². The minimum atomic E-state index is -0.0625. The summed E-state index contributed by atoms with van der Waals surface area (Å²) in [5, 5.41) is 0. The number of ketones is 2. The topological polar surface area (TPSA) is 34.1 Å². The Bertz CT molecular complexity index is 86.6. The number of carbonyl (C=O) groups excluding carboxylic acids is 2. The second-order valence-corrected chi connectivity index (χ2v) is 1.58. The molecule has 0 radical (unpaired) electrons. The summed E-state index contributed by atoms with van der Waals surface area (Å²) in [5.74, 6) is -0.125. The van der Waals surface area contributed by atoms with Crippen LogP contribution in [-0.4, -0.2) is 63.0 Å². The Labute approximate surface area is 91.4 Å². The van der Waals surface area contributed by atoms with Crippen molar-refractivity contribution < 1.29 is 9.59 Å². The summed E-state index contributed by atoms with van der Waals surface area (Å²) >= 11 is 0. The number of rotatable bonds is 2. The van der Waals surface area contributed by atoms with Gasteiger partial charge >= 0.3 is 51.4 Å². The molecule has 0 fully saturated rings. The van der Waals surface area contributed by atoms with E-state index >= 15 is 0 Å². The molecule has 0 saturated heterocycles. The van der Waals surface area contributed by atoms with E-state index in [2.05, 4.69) is 0 Å². The van der Waals surface area contributed by atoms with E-state index in [-0.39, 0.29) is 69.4 Å². The van der Waals surface area contributed by atoms with Crippen LogP contribution in [0, 0.1) is 0 Å². The van der Waals surface area contributed by atoms with Crippen LogP contribution in [0.15, 0.2) is 0 Å². The summed E-state index contributed by atoms with van der Waals surface area (Å²) in [4.78, 5) is 20.1. The van der Waals surface area contributed by atoms with E-state index in [0.717, 1.165) is 0 Å². The average molecular weight is 140 g/mol. The molecule has 0 rings (SSSR count). The predicted octanol–water partition coefficient (Wildman–Crippen LogP) is -0.0940. The van der Waals surface area contributed by atoms with Gasteiger partial charge < -0.3 is 0 Å². The molecule has 0 aliphatic carbocycles. The molecule has 0 bridgehead atoms. The zero-order valence-electron chi connectivity index (χ0n) is 4.52. The van der Waals surface area contributed by atoms with E-state index in [9.17, 15) is 9.59 Å². The first-order valence-electron chi connectivity index (χ1n) is 2.12. The van der Waals surface area contributed by atoms with Gasteiger partial charge in [0, 0.05) is 0 Å². The fourth-order valence-corrected chi connectivity index (χ4v) is 0.351. The van der Waals surface area contributed by atoms with Crippen molar-refractivity contribution >= 4 is 63.0 Å². The van der Waals surface area contributed by atoms with Crippen molar-refractivity contribution in [3.63, 3.8) is 0 Å². The molecule has 0 aromatic rings. The molecule has 0 atom stereocenters. The van der Waals surface area contributed by atoms with Crippen LogP contribution in [0.5, 0.6) is 0 Å². The Kier molecular flexibility index (Phi) is 8.95. The van der Waals surface area contributed by atoms with Crippen LogP contribution in [0.1, 0.15) is 20.3 Å². The number of hydrogen-bond acceptors (Lipinski definition) is 2. The number of carbonyl (C=O) groups is 2. The summed E-state index contributed by atoms with van der Waals surface area (Å²) in [7, 11) is 0. The average Bonchev–Trinajstić information content (AvgIpc) is 1.27. The fourth-order valence-electron chi connectivity index (χ4n) is 0.351. The van der Waals surface area contributed by atoms with Crippen LogP contribution in [0.25, 0.3) is 0 Å². The standard InChI is InChI=1S/C5H8O2.K.H/c1-4(6)3-5(2)7;;/h3H2,1-2H3;;. The van der Waals surface area contributed by atoms with Crippen molar-refractivity contribution in [3.8, 4) is 0 Å². The maximum absolute atomic E-state index is 10.0. The summed E-state index contributed by atoms with van der Waals surface area (Å²) in [6.45, 7) is 2.81. The molecule has 0 N–H and O–H groups in total. The van der Waals surface area contributed by atoms with Crippen LogP contribution >= 0.6 is 0 Å². The molecule has 0 aliphatic rings. The van der Waals surface area contributed by atoms with E-state index in [0.29, 0.717) is 0 Å². The molecule has 42 valence electrons. The van der Waals surface area contributed by atoms with Crippen molar-refractivity contribution in [2.45, 2.75) is 20.3 Å². The Hall–Kier alpha value is 0.976. The van der Waals surface area contributed by atoms with Crippen LogP contribution < -0.4 is 0 Å². The minimum absolute atomic E-state index is 0. The van der Waals surface area contributed by atoms with Crippen molar-refractivity contribution in [1.29, 1.82) is 0 Å². The molecular formula is C5H9KO2. The van der Waals surface area contributed by atoms with Crippen LogP contribution in [0.3, 0.4) is 0 Å². The van der Waals surface area contributed by atoms with Crippen molar-refractivity contribution in [2.75, 3.05) is 0 Å². The summed E-state index contributed by atoms with van der Waals surface area (Å²) in [5.41, 5.74) is 0. The van der Waals surface area contributed by atoms with Crippen LogP contribution in [0.4, 0.5) is 0 Å². The Morgan fingerprint density at radius 1 is 1.12 bits per heavy atom. The molecule has 0 aromatic carbocycles. The monoisotopic (exact) mass is 140 g/mol. The van der Waals surface area contributed by atoms with E-state index in [4.69, 9.17) is 0 Å². The van der Waals surface area contributed by atoms with Crippen molar-refractivity contribution in [3.05, 3.63) is 0 Å². The second-order valence-electron chi connectivity index (χ2n) is 1.58. The molecule has 0 amide bonds. The first-order chi connectivity index (χ1) is 3.13. The third kappa shape index (κ3) is 10.1. The molecule has 2 nitrogen and oxygen atoms in total. The molecule has 0 saturated carbocycles. The molecule has 3 heteroatoms. The Morgan fingerprint density at radius 2 is 1.38 bits per heavy atom. The van der Waals surface area contributed by atoms with Gasteiger partial charge in [0.15, 0.2) is 0 Å². The zero-order chi connectivity index (χ0) is 5.86. The zero-order valence-corrected chi connectivity index (χ0v) is 4.52. The molecule has 0 unspecified atom stereocenters. The predicted molar refractivity (Wildman–Crippen MR) is 33.1 cm³/mol.